The van der Waals surface area contributed by atoms with Crippen LogP contribution in [0.4, 0.5) is 0 Å². The maximum absolute atomic E-state index is 13.4. The van der Waals surface area contributed by atoms with Gasteiger partial charge in [0, 0.05) is 77.1 Å². The molecule has 0 aliphatic rings. The molecule has 7 nitrogen and oxygen atoms in total. The Kier molecular flexibility index (Phi) is 19.3. The van der Waals surface area contributed by atoms with E-state index in [9.17, 15) is 14.4 Å². The van der Waals surface area contributed by atoms with Crippen LogP contribution in [0.3, 0.4) is 0 Å². The summed E-state index contributed by atoms with van der Waals surface area (Å²) in [6, 6.07) is 23.7. The number of amides is 3. The summed E-state index contributed by atoms with van der Waals surface area (Å²) in [7, 11) is 5.52. The molecular weight excluding hydrogens is 633 g/mol. The van der Waals surface area contributed by atoms with Crippen molar-refractivity contribution in [1.82, 2.24) is 19.6 Å². The van der Waals surface area contributed by atoms with Gasteiger partial charge in [0.05, 0.1) is 0 Å². The molecule has 1 atom stereocenters. The maximum atomic E-state index is 13.4. The second-order valence-electron chi connectivity index (χ2n) is 14.5. The van der Waals surface area contributed by atoms with E-state index in [-0.39, 0.29) is 17.7 Å². The van der Waals surface area contributed by atoms with Gasteiger partial charge in [0.15, 0.2) is 0 Å². The zero-order valence-electron chi connectivity index (χ0n) is 33.4. The number of aryl methyl sites for hydroxylation is 1. The standard InChI is InChI=1S/C41H58N4O3.C3H8/c1-9-32(5)27-35-16-13-19-38(30-35)41(48)44(8)22-25-45(23-20-42(6)39(46)36-17-11-14-33(10-2)28-36)24-21-43(7)40(47)37-18-12-15-34(29-37)26-31(3)4;1-3-2/h11-19,28-32H,9-10,20-27H2,1-8H3;3H2,1-2H3. The van der Waals surface area contributed by atoms with Crippen LogP contribution < -0.4 is 0 Å². The number of hydrogen-bond donors (Lipinski definition) is 0. The summed E-state index contributed by atoms with van der Waals surface area (Å²) < 4.78 is 0. The van der Waals surface area contributed by atoms with Gasteiger partial charge in [-0.2, -0.15) is 0 Å². The van der Waals surface area contributed by atoms with E-state index in [1.54, 1.807) is 14.7 Å². The SMILES string of the molecule is CCC.CCc1cccc(C(=O)N(C)CCN(CCN(C)C(=O)c2cccc(CC(C)C)c2)CCN(C)C(=O)c2cccc(CC(C)CC)c2)c1. The van der Waals surface area contributed by atoms with Gasteiger partial charge in [-0.05, 0) is 84.2 Å². The van der Waals surface area contributed by atoms with E-state index in [1.807, 2.05) is 81.8 Å². The van der Waals surface area contributed by atoms with Gasteiger partial charge in [-0.15, -0.1) is 0 Å². The Labute approximate surface area is 310 Å². The molecule has 0 aliphatic carbocycles. The first-order chi connectivity index (χ1) is 24.3. The van der Waals surface area contributed by atoms with Crippen molar-refractivity contribution >= 4 is 17.7 Å². The molecule has 51 heavy (non-hydrogen) atoms. The van der Waals surface area contributed by atoms with Crippen LogP contribution in [0.25, 0.3) is 0 Å². The molecule has 0 N–H and O–H groups in total. The maximum Gasteiger partial charge on any atom is 0.253 e. The molecule has 0 aromatic heterocycles. The number of carbonyl (C=O) groups excluding carboxylic acids is 3. The molecule has 280 valence electrons. The molecule has 3 aromatic carbocycles. The van der Waals surface area contributed by atoms with Crippen LogP contribution in [-0.4, -0.2) is 97.7 Å². The minimum absolute atomic E-state index is 0.00220. The first-order valence-corrected chi connectivity index (χ1v) is 19.1. The second kappa shape index (κ2) is 22.8. The minimum atomic E-state index is -0.0107. The lowest BCUT2D eigenvalue weighted by Gasteiger charge is -2.29. The van der Waals surface area contributed by atoms with E-state index in [1.165, 1.54) is 17.5 Å². The summed E-state index contributed by atoms with van der Waals surface area (Å²) in [6.07, 6.45) is 5.12. The lowest BCUT2D eigenvalue weighted by molar-refractivity contribution is 0.0736. The molecular formula is C44H66N4O3. The Morgan fingerprint density at radius 3 is 1.24 bits per heavy atom. The highest BCUT2D eigenvalue weighted by molar-refractivity contribution is 5.95. The van der Waals surface area contributed by atoms with Gasteiger partial charge in [-0.1, -0.05) is 97.7 Å². The van der Waals surface area contributed by atoms with Crippen LogP contribution in [-0.2, 0) is 19.3 Å². The number of nitrogens with zero attached hydrogens (tertiary/aromatic N) is 4. The second-order valence-corrected chi connectivity index (χ2v) is 14.5. The Hall–Kier alpha value is -3.97. The van der Waals surface area contributed by atoms with Crippen LogP contribution in [0.15, 0.2) is 72.8 Å². The third-order valence-corrected chi connectivity index (χ3v) is 9.15. The van der Waals surface area contributed by atoms with Gasteiger partial charge in [0.25, 0.3) is 17.7 Å². The van der Waals surface area contributed by atoms with Gasteiger partial charge < -0.3 is 14.7 Å². The summed E-state index contributed by atoms with van der Waals surface area (Å²) >= 11 is 0. The summed E-state index contributed by atoms with van der Waals surface area (Å²) in [5.74, 6) is 1.06. The summed E-state index contributed by atoms with van der Waals surface area (Å²) in [5, 5.41) is 0. The molecule has 0 saturated carbocycles. The predicted molar refractivity (Wildman–Crippen MR) is 214 cm³/mol. The molecule has 0 spiro atoms. The van der Waals surface area contributed by atoms with E-state index in [0.29, 0.717) is 67.8 Å². The molecule has 0 aliphatic heterocycles. The molecule has 3 amide bonds. The molecule has 0 saturated heterocycles. The van der Waals surface area contributed by atoms with Crippen molar-refractivity contribution in [2.75, 3.05) is 60.4 Å². The van der Waals surface area contributed by atoms with Gasteiger partial charge in [-0.3, -0.25) is 19.3 Å². The van der Waals surface area contributed by atoms with Crippen LogP contribution in [0.5, 0.6) is 0 Å². The monoisotopic (exact) mass is 699 g/mol. The van der Waals surface area contributed by atoms with E-state index in [0.717, 1.165) is 31.2 Å². The normalized spacial score (nSPS) is 11.5. The predicted octanol–water partition coefficient (Wildman–Crippen LogP) is 8.37. The number of rotatable bonds is 18. The van der Waals surface area contributed by atoms with Crippen molar-refractivity contribution < 1.29 is 14.4 Å². The fourth-order valence-electron chi connectivity index (χ4n) is 5.78. The van der Waals surface area contributed by atoms with Gasteiger partial charge in [0.1, 0.15) is 0 Å². The highest BCUT2D eigenvalue weighted by Gasteiger charge is 2.19. The van der Waals surface area contributed by atoms with Crippen molar-refractivity contribution in [3.05, 3.63) is 106 Å². The summed E-state index contributed by atoms with van der Waals surface area (Å²) in [4.78, 5) is 47.6. The molecule has 0 bridgehead atoms. The van der Waals surface area contributed by atoms with Crippen molar-refractivity contribution in [3.8, 4) is 0 Å². The summed E-state index contributed by atoms with van der Waals surface area (Å²) in [5.41, 5.74) is 5.58. The smallest absolute Gasteiger partial charge is 0.253 e. The largest absolute Gasteiger partial charge is 0.340 e. The molecule has 7 heteroatoms. The Morgan fingerprint density at radius 2 is 0.882 bits per heavy atom. The Balaban J connectivity index is 0.00000290. The van der Waals surface area contributed by atoms with E-state index in [4.69, 9.17) is 0 Å². The molecule has 0 heterocycles. The van der Waals surface area contributed by atoms with Crippen molar-refractivity contribution in [2.45, 2.75) is 80.6 Å². The number of benzene rings is 3. The van der Waals surface area contributed by atoms with Crippen LogP contribution in [0, 0.1) is 11.8 Å². The highest BCUT2D eigenvalue weighted by atomic mass is 16.2. The number of likely N-dealkylation sites (N-methyl/N-ethyl adjacent to an activating group) is 3. The number of carbonyl (C=O) groups is 3. The zero-order chi connectivity index (χ0) is 37.9. The third-order valence-electron chi connectivity index (χ3n) is 9.15. The fourth-order valence-corrected chi connectivity index (χ4v) is 5.78. The van der Waals surface area contributed by atoms with E-state index in [2.05, 4.69) is 65.5 Å². The van der Waals surface area contributed by atoms with E-state index < -0.39 is 0 Å². The first kappa shape index (κ1) is 43.2. The van der Waals surface area contributed by atoms with Gasteiger partial charge >= 0.3 is 0 Å². The van der Waals surface area contributed by atoms with Gasteiger partial charge in [0.2, 0.25) is 0 Å². The fraction of sp³-hybridized carbons (Fsp3) is 0.523. The highest BCUT2D eigenvalue weighted by Crippen LogP contribution is 2.16. The zero-order valence-corrected chi connectivity index (χ0v) is 33.4. The molecule has 1 unspecified atom stereocenters. The molecule has 3 aromatic rings. The average molecular weight is 699 g/mol. The lowest BCUT2D eigenvalue weighted by atomic mass is 9.97. The molecule has 3 rings (SSSR count). The molecule has 0 radical (unpaired) electrons. The third kappa shape index (κ3) is 15.0. The van der Waals surface area contributed by atoms with Gasteiger partial charge in [-0.25, -0.2) is 0 Å². The van der Waals surface area contributed by atoms with Crippen LogP contribution in [0.1, 0.15) is 109 Å². The Bertz CT molecular complexity index is 1500. The average Bonchev–Trinajstić information content (AvgIpc) is 3.13. The first-order valence-electron chi connectivity index (χ1n) is 19.1. The Morgan fingerprint density at radius 1 is 0.529 bits per heavy atom. The van der Waals surface area contributed by atoms with Crippen molar-refractivity contribution in [1.29, 1.82) is 0 Å². The van der Waals surface area contributed by atoms with Crippen molar-refractivity contribution in [2.24, 2.45) is 11.8 Å². The number of hydrogen-bond acceptors (Lipinski definition) is 4. The quantitative estimate of drug-likeness (QED) is 0.134. The minimum Gasteiger partial charge on any atom is -0.340 e. The topological polar surface area (TPSA) is 64.2 Å². The van der Waals surface area contributed by atoms with Crippen LogP contribution in [0.2, 0.25) is 0 Å². The molecule has 0 fully saturated rings. The van der Waals surface area contributed by atoms with Crippen molar-refractivity contribution in [3.63, 3.8) is 0 Å². The lowest BCUT2D eigenvalue weighted by Crippen LogP contribution is -2.44. The summed E-state index contributed by atoms with van der Waals surface area (Å²) in [6.45, 7) is 18.6. The van der Waals surface area contributed by atoms with Crippen LogP contribution >= 0.6 is 0 Å². The van der Waals surface area contributed by atoms with E-state index >= 15 is 0 Å².